The molecule has 0 bridgehead atoms. The molecule has 5 heteroatoms. The van der Waals surface area contributed by atoms with Gasteiger partial charge in [0.1, 0.15) is 0 Å². The molecule has 0 amide bonds. The van der Waals surface area contributed by atoms with Crippen LogP contribution in [0.4, 0.5) is 0 Å². The van der Waals surface area contributed by atoms with E-state index < -0.39 is 0 Å². The molecule has 8 N–H and O–H groups in total. The van der Waals surface area contributed by atoms with Crippen LogP contribution in [-0.4, -0.2) is 11.0 Å². The van der Waals surface area contributed by atoms with Crippen molar-refractivity contribution < 1.29 is 31.4 Å². The smallest absolute Gasteiger partial charge is 0.870 e. The molecule has 0 unspecified atom stereocenters. The fraction of sp³-hybridized carbons (Fsp3) is 0. The van der Waals surface area contributed by atoms with Crippen LogP contribution in [0.5, 0.6) is 0 Å². The first-order chi connectivity index (χ1) is 0. The first-order valence-electron chi connectivity index (χ1n) is 0. The molecule has 0 atom stereocenters. The molecule has 0 saturated heterocycles. The van der Waals surface area contributed by atoms with Gasteiger partial charge >= 0.3 is 20.4 Å². The monoisotopic (exact) mass is 174 g/mol. The minimum Gasteiger partial charge on any atom is -0.870 e. The van der Waals surface area contributed by atoms with Crippen molar-refractivity contribution in [2.24, 2.45) is 0 Å². The zero-order valence-electron chi connectivity index (χ0n) is 2.62. The third-order valence-corrected chi connectivity index (χ3v) is 0. The maximum atomic E-state index is 0. The van der Waals surface area contributed by atoms with E-state index >= 15 is 0 Å². The molecule has 40 valence electrons. The third-order valence-electron chi connectivity index (χ3n) is 0. The van der Waals surface area contributed by atoms with Crippen LogP contribution in [0.25, 0.3) is 0 Å². The van der Waals surface area contributed by atoms with E-state index in [0.717, 1.165) is 0 Å². The van der Waals surface area contributed by atoms with Crippen molar-refractivity contribution >= 4 is 0 Å². The van der Waals surface area contributed by atoms with Gasteiger partial charge in [0.2, 0.25) is 0 Å². The van der Waals surface area contributed by atoms with Gasteiger partial charge in [0.15, 0.2) is 0 Å². The molecule has 0 saturated carbocycles. The second-order valence-electron chi connectivity index (χ2n) is 0. The van der Waals surface area contributed by atoms with Crippen molar-refractivity contribution in [1.29, 1.82) is 0 Å². The average molecular weight is 174 g/mol. The van der Waals surface area contributed by atoms with Crippen LogP contribution in [0.1, 0.15) is 0 Å². The van der Waals surface area contributed by atoms with Gasteiger partial charge in [0.05, 0.1) is 0 Å². The summed E-state index contributed by atoms with van der Waals surface area (Å²) >= 11 is 0. The molecule has 0 radical (unpaired) electrons. The van der Waals surface area contributed by atoms with E-state index in [2.05, 4.69) is 0 Å². The molecule has 0 aromatic rings. The quantitative estimate of drug-likeness (QED) is 0.499. The van der Waals surface area contributed by atoms with E-state index in [4.69, 9.17) is 0 Å². The second-order valence-corrected chi connectivity index (χ2v) is 0. The predicted molar refractivity (Wildman–Crippen MR) is 13.9 cm³/mol. The van der Waals surface area contributed by atoms with Gasteiger partial charge in [0, 0.05) is 0 Å². The van der Waals surface area contributed by atoms with E-state index in [1.807, 2.05) is 0 Å². The molecular weight excluding hydrogens is 166 g/mol. The van der Waals surface area contributed by atoms with Gasteiger partial charge in [-0.05, 0) is 0 Å². The number of rotatable bonds is 0. The first-order valence-corrected chi connectivity index (χ1v) is 0. The molecule has 0 heterocycles. The average Bonchev–Trinajstić information content (AvgIpc) is 0. The van der Waals surface area contributed by atoms with Gasteiger partial charge in [-0.2, -0.15) is 0 Å². The fourth-order valence-corrected chi connectivity index (χ4v) is 0. The Kier molecular flexibility index (Phi) is 19300. The van der Waals surface area contributed by atoms with Gasteiger partial charge in [-0.25, -0.2) is 0 Å². The summed E-state index contributed by atoms with van der Waals surface area (Å²) in [7, 11) is 0. The molecular formula is H8N2O2Pd. The molecule has 0 fully saturated rings. The van der Waals surface area contributed by atoms with Crippen LogP contribution < -0.4 is 12.3 Å². The SMILES string of the molecule is N.N.[OH-].[OH-].[Pd+2]. The third kappa shape index (κ3) is 112. The Balaban J connectivity index is 0. The molecule has 4 nitrogen and oxygen atoms in total. The number of hydrogen-bond donors (Lipinski definition) is 2. The standard InChI is InChI=1S/2H3N.2H2O.Pd/h2*1H3;2*1H2;/q;;;;+2/p-2. The second kappa shape index (κ2) is 219. The van der Waals surface area contributed by atoms with Crippen molar-refractivity contribution in [3.8, 4) is 0 Å². The van der Waals surface area contributed by atoms with Gasteiger partial charge in [-0.1, -0.05) is 0 Å². The van der Waals surface area contributed by atoms with Gasteiger partial charge in [-0.3, -0.25) is 0 Å². The molecule has 0 rings (SSSR count). The summed E-state index contributed by atoms with van der Waals surface area (Å²) in [4.78, 5) is 0. The Hall–Kier alpha value is 0.502. The largest absolute Gasteiger partial charge is 2.00 e. The molecule has 0 aliphatic carbocycles. The van der Waals surface area contributed by atoms with E-state index in [9.17, 15) is 0 Å². The molecule has 5 heavy (non-hydrogen) atoms. The Morgan fingerprint density at radius 2 is 0.600 bits per heavy atom. The van der Waals surface area contributed by atoms with Gasteiger partial charge in [0.25, 0.3) is 0 Å². The summed E-state index contributed by atoms with van der Waals surface area (Å²) < 4.78 is 0. The topological polar surface area (TPSA) is 130 Å². The minimum atomic E-state index is 0. The Morgan fingerprint density at radius 1 is 0.600 bits per heavy atom. The fourth-order valence-electron chi connectivity index (χ4n) is 0. The van der Waals surface area contributed by atoms with Crippen molar-refractivity contribution in [1.82, 2.24) is 12.3 Å². The Labute approximate surface area is 44.4 Å². The van der Waals surface area contributed by atoms with E-state index in [1.165, 1.54) is 0 Å². The predicted octanol–water partition coefficient (Wildman–Crippen LogP) is -0.0321. The van der Waals surface area contributed by atoms with Crippen molar-refractivity contribution in [3.05, 3.63) is 0 Å². The van der Waals surface area contributed by atoms with Crippen LogP contribution in [0, 0.1) is 0 Å². The van der Waals surface area contributed by atoms with Gasteiger partial charge in [-0.15, -0.1) is 0 Å². The Morgan fingerprint density at radius 3 is 0.600 bits per heavy atom. The van der Waals surface area contributed by atoms with Crippen molar-refractivity contribution in [2.45, 2.75) is 0 Å². The van der Waals surface area contributed by atoms with Crippen LogP contribution in [0.15, 0.2) is 0 Å². The molecule has 0 aromatic carbocycles. The zero-order chi connectivity index (χ0) is 0. The van der Waals surface area contributed by atoms with Crippen LogP contribution in [0.2, 0.25) is 0 Å². The zero-order valence-corrected chi connectivity index (χ0v) is 4.18. The summed E-state index contributed by atoms with van der Waals surface area (Å²) in [6.07, 6.45) is 0. The van der Waals surface area contributed by atoms with Gasteiger partial charge < -0.3 is 23.3 Å². The summed E-state index contributed by atoms with van der Waals surface area (Å²) in [6.45, 7) is 0. The summed E-state index contributed by atoms with van der Waals surface area (Å²) in [5.74, 6) is 0. The summed E-state index contributed by atoms with van der Waals surface area (Å²) in [5, 5.41) is 0. The molecule has 0 aromatic heterocycles. The molecule has 0 spiro atoms. The summed E-state index contributed by atoms with van der Waals surface area (Å²) in [5.41, 5.74) is 0. The maximum Gasteiger partial charge on any atom is 2.00 e. The van der Waals surface area contributed by atoms with Crippen LogP contribution in [0.3, 0.4) is 0 Å². The molecule has 0 aliphatic heterocycles. The van der Waals surface area contributed by atoms with Crippen molar-refractivity contribution in [2.75, 3.05) is 0 Å². The number of hydrogen-bond acceptors (Lipinski definition) is 4. The Bertz CT molecular complexity index is 7.61. The maximum absolute atomic E-state index is 0. The van der Waals surface area contributed by atoms with Crippen LogP contribution >= 0.6 is 0 Å². The normalized spacial score (nSPS) is 0. The minimum absolute atomic E-state index is 0. The van der Waals surface area contributed by atoms with E-state index in [1.54, 1.807) is 0 Å². The van der Waals surface area contributed by atoms with E-state index in [-0.39, 0.29) is 43.7 Å². The van der Waals surface area contributed by atoms with E-state index in [0.29, 0.717) is 0 Å². The molecule has 0 aliphatic rings. The first kappa shape index (κ1) is 442. The van der Waals surface area contributed by atoms with Crippen molar-refractivity contribution in [3.63, 3.8) is 0 Å². The van der Waals surface area contributed by atoms with Crippen LogP contribution in [-0.2, 0) is 20.4 Å². The summed E-state index contributed by atoms with van der Waals surface area (Å²) in [6, 6.07) is 0.